The molecular weight excluding hydrogens is 503 g/mol. The molecule has 2 rings (SSSR count). The predicted octanol–water partition coefficient (Wildman–Crippen LogP) is 1.90. The molecule has 0 radical (unpaired) electrons. The van der Waals surface area contributed by atoms with Crippen molar-refractivity contribution in [3.63, 3.8) is 0 Å². The van der Waals surface area contributed by atoms with Crippen LogP contribution >= 0.6 is 24.0 Å². The SMILES string of the molecule is CCNC(=NCCS(=O)(=O)N(CC)CC)NC1CCN(c2ccccn2)CC1.I. The van der Waals surface area contributed by atoms with Gasteiger partial charge in [0.25, 0.3) is 0 Å². The molecule has 0 aliphatic carbocycles. The van der Waals surface area contributed by atoms with Crippen molar-refractivity contribution in [1.29, 1.82) is 0 Å². The van der Waals surface area contributed by atoms with Crippen LogP contribution in [0.2, 0.25) is 0 Å². The Hall–Kier alpha value is -1.14. The Bertz CT molecular complexity index is 705. The van der Waals surface area contributed by atoms with Crippen LogP contribution < -0.4 is 15.5 Å². The molecule has 1 aliphatic heterocycles. The number of nitrogens with zero attached hydrogens (tertiary/aromatic N) is 4. The minimum atomic E-state index is -3.25. The third-order valence-electron chi connectivity index (χ3n) is 4.87. The predicted molar refractivity (Wildman–Crippen MR) is 131 cm³/mol. The summed E-state index contributed by atoms with van der Waals surface area (Å²) in [7, 11) is -3.25. The van der Waals surface area contributed by atoms with E-state index in [9.17, 15) is 8.42 Å². The minimum Gasteiger partial charge on any atom is -0.357 e. The fourth-order valence-corrected chi connectivity index (χ4v) is 4.69. The van der Waals surface area contributed by atoms with Crippen LogP contribution in [0.5, 0.6) is 0 Å². The van der Waals surface area contributed by atoms with Gasteiger partial charge < -0.3 is 15.5 Å². The van der Waals surface area contributed by atoms with Crippen molar-refractivity contribution in [2.24, 2.45) is 4.99 Å². The summed E-state index contributed by atoms with van der Waals surface area (Å²) in [6.45, 7) is 9.57. The number of halogens is 1. The van der Waals surface area contributed by atoms with Crippen LogP contribution in [0.25, 0.3) is 0 Å². The van der Waals surface area contributed by atoms with Crippen molar-refractivity contribution in [2.75, 3.05) is 49.9 Å². The van der Waals surface area contributed by atoms with Gasteiger partial charge in [0.05, 0.1) is 12.3 Å². The first kappa shape index (κ1) is 25.9. The maximum absolute atomic E-state index is 12.3. The molecule has 8 nitrogen and oxygen atoms in total. The number of sulfonamides is 1. The lowest BCUT2D eigenvalue weighted by Crippen LogP contribution is -2.49. The minimum absolute atomic E-state index is 0. The summed E-state index contributed by atoms with van der Waals surface area (Å²) in [4.78, 5) is 11.2. The molecule has 2 N–H and O–H groups in total. The van der Waals surface area contributed by atoms with E-state index in [-0.39, 0.29) is 36.3 Å². The summed E-state index contributed by atoms with van der Waals surface area (Å²) in [6.07, 6.45) is 3.79. The van der Waals surface area contributed by atoms with E-state index in [0.29, 0.717) is 25.1 Å². The normalized spacial score (nSPS) is 15.9. The molecule has 10 heteroatoms. The summed E-state index contributed by atoms with van der Waals surface area (Å²) in [5.41, 5.74) is 0. The van der Waals surface area contributed by atoms with Crippen LogP contribution in [-0.2, 0) is 10.0 Å². The number of aromatic nitrogens is 1. The Morgan fingerprint density at radius 3 is 2.48 bits per heavy atom. The van der Waals surface area contributed by atoms with E-state index in [0.717, 1.165) is 38.3 Å². The first-order chi connectivity index (χ1) is 13.5. The Morgan fingerprint density at radius 2 is 1.93 bits per heavy atom. The van der Waals surface area contributed by atoms with E-state index in [2.05, 4.69) is 25.5 Å². The number of guanidine groups is 1. The quantitative estimate of drug-likeness (QED) is 0.284. The average molecular weight is 539 g/mol. The molecule has 1 saturated heterocycles. The smallest absolute Gasteiger partial charge is 0.215 e. The molecule has 1 aliphatic rings. The van der Waals surface area contributed by atoms with Gasteiger partial charge >= 0.3 is 0 Å². The third kappa shape index (κ3) is 8.25. The largest absolute Gasteiger partial charge is 0.357 e. The van der Waals surface area contributed by atoms with Gasteiger partial charge in [-0.25, -0.2) is 17.7 Å². The van der Waals surface area contributed by atoms with Crippen LogP contribution in [0.4, 0.5) is 5.82 Å². The number of pyridine rings is 1. The zero-order valence-electron chi connectivity index (χ0n) is 17.7. The number of rotatable bonds is 9. The van der Waals surface area contributed by atoms with E-state index >= 15 is 0 Å². The van der Waals surface area contributed by atoms with Crippen molar-refractivity contribution >= 4 is 45.8 Å². The summed E-state index contributed by atoms with van der Waals surface area (Å²) in [5, 5.41) is 6.68. The van der Waals surface area contributed by atoms with E-state index in [4.69, 9.17) is 0 Å². The molecule has 0 unspecified atom stereocenters. The van der Waals surface area contributed by atoms with Gasteiger partial charge in [0, 0.05) is 45.0 Å². The number of hydrogen-bond acceptors (Lipinski definition) is 5. The zero-order valence-corrected chi connectivity index (χ0v) is 20.8. The highest BCUT2D eigenvalue weighted by molar-refractivity contribution is 14.0. The van der Waals surface area contributed by atoms with Crippen molar-refractivity contribution in [3.8, 4) is 0 Å². The Balaban J connectivity index is 0.00000420. The monoisotopic (exact) mass is 538 g/mol. The lowest BCUT2D eigenvalue weighted by atomic mass is 10.1. The van der Waals surface area contributed by atoms with Gasteiger partial charge in [-0.3, -0.25) is 4.99 Å². The van der Waals surface area contributed by atoms with Gasteiger partial charge in [-0.1, -0.05) is 19.9 Å². The van der Waals surface area contributed by atoms with Gasteiger partial charge in [-0.15, -0.1) is 24.0 Å². The highest BCUT2D eigenvalue weighted by Crippen LogP contribution is 2.17. The number of nitrogens with one attached hydrogen (secondary N) is 2. The van der Waals surface area contributed by atoms with Crippen LogP contribution in [-0.4, -0.2) is 74.7 Å². The standard InChI is InChI=1S/C19H34N6O2S.HI/c1-4-20-19(22-13-16-28(26,27)25(5-2)6-3)23-17-10-14-24(15-11-17)18-9-7-8-12-21-18;/h7-9,12,17H,4-6,10-11,13-16H2,1-3H3,(H2,20,22,23);1H. The fraction of sp³-hybridized carbons (Fsp3) is 0.684. The lowest BCUT2D eigenvalue weighted by Gasteiger charge is -2.33. The third-order valence-corrected chi connectivity index (χ3v) is 6.87. The van der Waals surface area contributed by atoms with E-state index in [1.165, 1.54) is 4.31 Å². The summed E-state index contributed by atoms with van der Waals surface area (Å²) in [5.74, 6) is 1.74. The molecule has 2 heterocycles. The molecular formula is C19H35IN6O2S. The van der Waals surface area contributed by atoms with E-state index in [1.807, 2.05) is 45.2 Å². The second kappa shape index (κ2) is 13.2. The van der Waals surface area contributed by atoms with Crippen LogP contribution in [0.15, 0.2) is 29.4 Å². The highest BCUT2D eigenvalue weighted by Gasteiger charge is 2.21. The number of aliphatic imine (C=N–C) groups is 1. The summed E-state index contributed by atoms with van der Waals surface area (Å²) >= 11 is 0. The molecule has 0 atom stereocenters. The number of piperidine rings is 1. The second-order valence-electron chi connectivity index (χ2n) is 6.75. The van der Waals surface area contributed by atoms with E-state index in [1.54, 1.807) is 0 Å². The van der Waals surface area contributed by atoms with Crippen LogP contribution in [0.3, 0.4) is 0 Å². The lowest BCUT2D eigenvalue weighted by molar-refractivity contribution is 0.445. The molecule has 0 spiro atoms. The van der Waals surface area contributed by atoms with E-state index < -0.39 is 10.0 Å². The van der Waals surface area contributed by atoms with Crippen LogP contribution in [0.1, 0.15) is 33.6 Å². The topological polar surface area (TPSA) is 89.9 Å². The van der Waals surface area contributed by atoms with Gasteiger partial charge in [0.1, 0.15) is 5.82 Å². The van der Waals surface area contributed by atoms with Crippen molar-refractivity contribution < 1.29 is 8.42 Å². The molecule has 1 aromatic rings. The highest BCUT2D eigenvalue weighted by atomic mass is 127. The van der Waals surface area contributed by atoms with Gasteiger partial charge in [-0.05, 0) is 31.9 Å². The molecule has 1 aromatic heterocycles. The van der Waals surface area contributed by atoms with Crippen molar-refractivity contribution in [2.45, 2.75) is 39.7 Å². The first-order valence-electron chi connectivity index (χ1n) is 10.2. The average Bonchev–Trinajstić information content (AvgIpc) is 2.70. The van der Waals surface area contributed by atoms with Crippen molar-refractivity contribution in [1.82, 2.24) is 19.9 Å². The van der Waals surface area contributed by atoms with Gasteiger partial charge in [-0.2, -0.15) is 0 Å². The maximum Gasteiger partial charge on any atom is 0.215 e. The molecule has 0 amide bonds. The molecule has 29 heavy (non-hydrogen) atoms. The Kier molecular flexibility index (Phi) is 11.8. The number of anilines is 1. The number of hydrogen-bond donors (Lipinski definition) is 2. The zero-order chi connectivity index (χ0) is 20.4. The maximum atomic E-state index is 12.3. The second-order valence-corrected chi connectivity index (χ2v) is 8.84. The summed E-state index contributed by atoms with van der Waals surface area (Å²) in [6, 6.07) is 6.29. The first-order valence-corrected chi connectivity index (χ1v) is 11.8. The molecule has 166 valence electrons. The van der Waals surface area contributed by atoms with Crippen molar-refractivity contribution in [3.05, 3.63) is 24.4 Å². The summed E-state index contributed by atoms with van der Waals surface area (Å²) < 4.78 is 26.1. The van der Waals surface area contributed by atoms with Gasteiger partial charge in [0.15, 0.2) is 5.96 Å². The van der Waals surface area contributed by atoms with Gasteiger partial charge in [0.2, 0.25) is 10.0 Å². The van der Waals surface area contributed by atoms with Crippen LogP contribution in [0, 0.1) is 0 Å². The molecule has 0 bridgehead atoms. The molecule has 1 fully saturated rings. The molecule has 0 aromatic carbocycles. The molecule has 0 saturated carbocycles. The fourth-order valence-electron chi connectivity index (χ4n) is 3.33. The Labute approximate surface area is 192 Å². The Morgan fingerprint density at radius 1 is 1.24 bits per heavy atom.